The van der Waals surface area contributed by atoms with Gasteiger partial charge in [-0.15, -0.1) is 0 Å². The average Bonchev–Trinajstić information content (AvgIpc) is 3.39. The number of carbonyl (C=O) groups excluding carboxylic acids is 2. The van der Waals surface area contributed by atoms with Gasteiger partial charge >= 0.3 is 6.09 Å². The molecule has 0 radical (unpaired) electrons. The fourth-order valence-electron chi connectivity index (χ4n) is 7.20. The quantitative estimate of drug-likeness (QED) is 0.313. The Morgan fingerprint density at radius 1 is 0.960 bits per heavy atom. The van der Waals surface area contributed by atoms with E-state index in [4.69, 9.17) is 14.2 Å². The average molecular weight is 702 g/mol. The van der Waals surface area contributed by atoms with Crippen LogP contribution in [0.15, 0.2) is 71.6 Å². The molecule has 3 aliphatic rings. The molecule has 12 nitrogen and oxygen atoms in total. The van der Waals surface area contributed by atoms with Gasteiger partial charge in [0.2, 0.25) is 5.60 Å². The topological polar surface area (TPSA) is 133 Å². The number of para-hydroxylation sites is 1. The van der Waals surface area contributed by atoms with Crippen LogP contribution in [0.25, 0.3) is 0 Å². The predicted molar refractivity (Wildman–Crippen MR) is 187 cm³/mol. The Labute approximate surface area is 293 Å². The summed E-state index contributed by atoms with van der Waals surface area (Å²) >= 11 is 0. The number of fused-ring (bicyclic) bond motifs is 1. The molecule has 2 amide bonds. The number of hydrogen-bond donors (Lipinski definition) is 0. The maximum absolute atomic E-state index is 15.0. The summed E-state index contributed by atoms with van der Waals surface area (Å²) < 4.78 is 46.9. The summed E-state index contributed by atoms with van der Waals surface area (Å²) in [5.74, 6) is -0.338. The van der Waals surface area contributed by atoms with E-state index in [-0.39, 0.29) is 39.6 Å². The van der Waals surface area contributed by atoms with Gasteiger partial charge in [-0.1, -0.05) is 18.2 Å². The molecule has 13 heteroatoms. The van der Waals surface area contributed by atoms with Crippen molar-refractivity contribution in [2.24, 2.45) is 0 Å². The number of nitrogens with zero attached hydrogens (tertiary/aromatic N) is 5. The van der Waals surface area contributed by atoms with Crippen molar-refractivity contribution in [2.45, 2.75) is 56.2 Å². The van der Waals surface area contributed by atoms with Gasteiger partial charge in [-0.3, -0.25) is 14.6 Å². The maximum Gasteiger partial charge on any atom is 0.411 e. The molecule has 3 aromatic carbocycles. The summed E-state index contributed by atoms with van der Waals surface area (Å²) in [5.41, 5.74) is -1.94. The Bertz CT molecular complexity index is 1880. The van der Waals surface area contributed by atoms with Crippen molar-refractivity contribution in [1.82, 2.24) is 14.7 Å². The number of benzene rings is 3. The normalized spacial score (nSPS) is 20.4. The van der Waals surface area contributed by atoms with Gasteiger partial charge in [-0.05, 0) is 82.1 Å². The maximum atomic E-state index is 15.0. The van der Waals surface area contributed by atoms with Gasteiger partial charge in [0.25, 0.3) is 15.9 Å². The van der Waals surface area contributed by atoms with E-state index in [2.05, 4.69) is 29.7 Å². The highest BCUT2D eigenvalue weighted by Crippen LogP contribution is 2.52. The molecule has 2 saturated heterocycles. The third kappa shape index (κ3) is 6.27. The summed E-state index contributed by atoms with van der Waals surface area (Å²) in [5, 5.41) is 9.90. The van der Waals surface area contributed by atoms with E-state index in [1.807, 2.05) is 0 Å². The van der Waals surface area contributed by atoms with Crippen LogP contribution in [0.2, 0.25) is 0 Å². The number of methoxy groups -OCH3 is 1. The van der Waals surface area contributed by atoms with E-state index in [9.17, 15) is 18.5 Å². The minimum absolute atomic E-state index is 0.0248. The second kappa shape index (κ2) is 14.3. The van der Waals surface area contributed by atoms with Gasteiger partial charge in [0.1, 0.15) is 11.5 Å². The zero-order chi connectivity index (χ0) is 35.6. The van der Waals surface area contributed by atoms with Crippen molar-refractivity contribution in [3.63, 3.8) is 0 Å². The van der Waals surface area contributed by atoms with Gasteiger partial charge in [0, 0.05) is 56.9 Å². The lowest BCUT2D eigenvalue weighted by atomic mass is 9.85. The van der Waals surface area contributed by atoms with E-state index in [1.165, 1.54) is 49.6 Å². The third-order valence-corrected chi connectivity index (χ3v) is 11.6. The van der Waals surface area contributed by atoms with E-state index in [1.54, 1.807) is 36.1 Å². The Hall–Kier alpha value is -4.64. The summed E-state index contributed by atoms with van der Waals surface area (Å²) in [6.45, 7) is 11.2. The SMILES string of the molecule is CCOc1ccccc1C1(OC(=O)N2CCC(N3CCN(C(C)C)CC3)CC2)C(=O)N(S(=O)(=O)c2ccc(OC)cc2)c2ccc(C#N)cc21. The molecule has 0 aliphatic carbocycles. The fraction of sp³-hybridized carbons (Fsp3) is 0.432. The highest BCUT2D eigenvalue weighted by atomic mass is 32.2. The number of rotatable bonds is 9. The van der Waals surface area contributed by atoms with E-state index in [0.29, 0.717) is 35.2 Å². The molecule has 0 N–H and O–H groups in total. The lowest BCUT2D eigenvalue weighted by Crippen LogP contribution is -2.55. The number of sulfonamides is 1. The summed E-state index contributed by atoms with van der Waals surface area (Å²) in [6.07, 6.45) is 0.714. The standard InChI is InChI=1S/C37H43N5O7S/c1-5-48-34-9-7-6-8-31(34)37(49-36(44)41-18-16-28(17-19-41)40-22-20-39(21-23-40)26(2)3)32-24-27(25-38)10-15-33(32)42(35(37)43)50(45,46)30-13-11-29(47-4)12-14-30/h6-15,24,26,28H,5,16-23H2,1-4H3. The lowest BCUT2D eigenvalue weighted by molar-refractivity contribution is -0.132. The molecule has 0 spiro atoms. The minimum atomic E-state index is -4.55. The highest BCUT2D eigenvalue weighted by molar-refractivity contribution is 7.93. The van der Waals surface area contributed by atoms with Crippen molar-refractivity contribution in [3.8, 4) is 17.6 Å². The molecule has 3 heterocycles. The van der Waals surface area contributed by atoms with Gasteiger partial charge in [0.05, 0.1) is 41.5 Å². The number of piperazine rings is 1. The lowest BCUT2D eigenvalue weighted by Gasteiger charge is -2.43. The number of ether oxygens (including phenoxy) is 3. The summed E-state index contributed by atoms with van der Waals surface area (Å²) in [4.78, 5) is 35.6. The Morgan fingerprint density at radius 2 is 1.64 bits per heavy atom. The predicted octanol–water partition coefficient (Wildman–Crippen LogP) is 4.57. The molecule has 0 aromatic heterocycles. The van der Waals surface area contributed by atoms with Crippen LogP contribution in [0, 0.1) is 11.3 Å². The Balaban J connectivity index is 1.38. The van der Waals surface area contributed by atoms with Crippen LogP contribution in [0.3, 0.4) is 0 Å². The Morgan fingerprint density at radius 3 is 2.26 bits per heavy atom. The minimum Gasteiger partial charge on any atom is -0.497 e. The smallest absolute Gasteiger partial charge is 0.411 e. The fourth-order valence-corrected chi connectivity index (χ4v) is 8.66. The number of nitriles is 1. The molecule has 2 fully saturated rings. The number of amides is 2. The highest BCUT2D eigenvalue weighted by Gasteiger charge is 2.61. The first-order valence-electron chi connectivity index (χ1n) is 17.0. The molecule has 0 bridgehead atoms. The number of piperidine rings is 1. The zero-order valence-corrected chi connectivity index (χ0v) is 29.7. The second-order valence-electron chi connectivity index (χ2n) is 13.0. The van der Waals surface area contributed by atoms with Gasteiger partial charge in [-0.2, -0.15) is 9.57 Å². The van der Waals surface area contributed by atoms with Gasteiger partial charge in [0.15, 0.2) is 0 Å². The van der Waals surface area contributed by atoms with Crippen LogP contribution >= 0.6 is 0 Å². The molecule has 0 saturated carbocycles. The van der Waals surface area contributed by atoms with Crippen LogP contribution in [0.1, 0.15) is 50.3 Å². The van der Waals surface area contributed by atoms with Crippen molar-refractivity contribution in [3.05, 3.63) is 83.4 Å². The number of hydrogen-bond acceptors (Lipinski definition) is 10. The molecule has 264 valence electrons. The number of likely N-dealkylation sites (tertiary alicyclic amines) is 1. The van der Waals surface area contributed by atoms with Crippen molar-refractivity contribution in [1.29, 1.82) is 5.26 Å². The number of carbonyl (C=O) groups is 2. The van der Waals surface area contributed by atoms with Crippen LogP contribution < -0.4 is 13.8 Å². The monoisotopic (exact) mass is 701 g/mol. The second-order valence-corrected chi connectivity index (χ2v) is 14.7. The summed E-state index contributed by atoms with van der Waals surface area (Å²) in [6, 6.07) is 19.4. The molecular weight excluding hydrogens is 659 g/mol. The largest absolute Gasteiger partial charge is 0.497 e. The van der Waals surface area contributed by atoms with Gasteiger partial charge < -0.3 is 19.1 Å². The molecule has 3 aliphatic heterocycles. The molecule has 50 heavy (non-hydrogen) atoms. The first kappa shape index (κ1) is 35.2. The van der Waals surface area contributed by atoms with Crippen molar-refractivity contribution in [2.75, 3.05) is 57.3 Å². The van der Waals surface area contributed by atoms with Crippen LogP contribution in [-0.4, -0.2) is 100 Å². The van der Waals surface area contributed by atoms with Crippen LogP contribution in [0.4, 0.5) is 10.5 Å². The molecule has 1 atom stereocenters. The summed E-state index contributed by atoms with van der Waals surface area (Å²) in [7, 11) is -3.09. The number of anilines is 1. The van der Waals surface area contributed by atoms with E-state index in [0.717, 1.165) is 39.0 Å². The first-order chi connectivity index (χ1) is 24.0. The van der Waals surface area contributed by atoms with E-state index >= 15 is 4.79 Å². The van der Waals surface area contributed by atoms with E-state index < -0.39 is 27.6 Å². The third-order valence-electron chi connectivity index (χ3n) is 9.93. The van der Waals surface area contributed by atoms with Gasteiger partial charge in [-0.25, -0.2) is 13.2 Å². The zero-order valence-electron chi connectivity index (χ0n) is 28.9. The Kier molecular flexibility index (Phi) is 10.1. The molecule has 1 unspecified atom stereocenters. The molecular formula is C37H43N5O7S. The first-order valence-corrected chi connectivity index (χ1v) is 18.5. The van der Waals surface area contributed by atoms with Crippen LogP contribution in [0.5, 0.6) is 11.5 Å². The van der Waals surface area contributed by atoms with Crippen LogP contribution in [-0.2, 0) is 25.2 Å². The van der Waals surface area contributed by atoms with Crippen molar-refractivity contribution >= 4 is 27.7 Å². The molecule has 3 aromatic rings. The molecule has 6 rings (SSSR count). The van der Waals surface area contributed by atoms with Crippen molar-refractivity contribution < 1.29 is 32.2 Å².